The van der Waals surface area contributed by atoms with Gasteiger partial charge in [0.2, 0.25) is 0 Å². The van der Waals surface area contributed by atoms with Crippen LogP contribution < -0.4 is 4.67 Å². The first kappa shape index (κ1) is 12.0. The fourth-order valence-electron chi connectivity index (χ4n) is 0.541. The van der Waals surface area contributed by atoms with E-state index >= 15 is 0 Å². The van der Waals surface area contributed by atoms with Crippen LogP contribution in [0.4, 0.5) is 0 Å². The van der Waals surface area contributed by atoms with Crippen molar-refractivity contribution in [2.24, 2.45) is 4.99 Å². The Balaban J connectivity index is 3.18. The molecule has 0 atom stereocenters. The Hall–Kier alpha value is -0.0600. The highest BCUT2D eigenvalue weighted by atomic mass is 35.5. The molecular formula is C6H3Cl2N3S3. The second kappa shape index (κ2) is 5.73. The first-order chi connectivity index (χ1) is 6.69. The summed E-state index contributed by atoms with van der Waals surface area (Å²) in [7, 11) is 2.54. The van der Waals surface area contributed by atoms with E-state index in [1.54, 1.807) is 6.26 Å². The number of rotatable bonds is 2. The Morgan fingerprint density at radius 3 is 2.86 bits per heavy atom. The average molecular weight is 284 g/mol. The Morgan fingerprint density at radius 1 is 1.71 bits per heavy atom. The van der Waals surface area contributed by atoms with Crippen molar-refractivity contribution in [3.05, 3.63) is 19.9 Å². The maximum Gasteiger partial charge on any atom is 0.179 e. The Morgan fingerprint density at radius 2 is 2.43 bits per heavy atom. The monoisotopic (exact) mass is 283 g/mol. The van der Waals surface area contributed by atoms with Gasteiger partial charge in [-0.3, -0.25) is 0 Å². The van der Waals surface area contributed by atoms with Crippen LogP contribution in [0, 0.1) is 11.3 Å². The summed E-state index contributed by atoms with van der Waals surface area (Å²) in [5.74, 6) is 0. The molecule has 0 unspecified atom stereocenters. The summed E-state index contributed by atoms with van der Waals surface area (Å²) in [6.45, 7) is 0. The van der Waals surface area contributed by atoms with Crippen molar-refractivity contribution >= 4 is 55.8 Å². The van der Waals surface area contributed by atoms with Crippen LogP contribution in [0.2, 0.25) is 5.15 Å². The molecule has 14 heavy (non-hydrogen) atoms. The third-order valence-electron chi connectivity index (χ3n) is 1.10. The van der Waals surface area contributed by atoms with E-state index < -0.39 is 0 Å². The van der Waals surface area contributed by atoms with Gasteiger partial charge in [0.15, 0.2) is 15.0 Å². The molecule has 1 aromatic rings. The fourth-order valence-corrected chi connectivity index (χ4v) is 3.23. The van der Waals surface area contributed by atoms with Crippen molar-refractivity contribution in [3.8, 4) is 6.07 Å². The highest BCUT2D eigenvalue weighted by Crippen LogP contribution is 2.20. The van der Waals surface area contributed by atoms with Gasteiger partial charge in [0.05, 0.1) is 0 Å². The van der Waals surface area contributed by atoms with Gasteiger partial charge in [0.25, 0.3) is 0 Å². The van der Waals surface area contributed by atoms with E-state index in [9.17, 15) is 0 Å². The molecule has 74 valence electrons. The molecule has 0 aliphatic heterocycles. The lowest BCUT2D eigenvalue weighted by Gasteiger charge is -1.91. The molecule has 0 amide bonds. The van der Waals surface area contributed by atoms with Gasteiger partial charge in [-0.25, -0.2) is 4.99 Å². The number of thioether (sulfide) groups is 1. The highest BCUT2D eigenvalue weighted by Gasteiger charge is 2.03. The Bertz CT molecular complexity index is 453. The van der Waals surface area contributed by atoms with Crippen LogP contribution in [-0.2, 0) is 0 Å². The Kier molecular flexibility index (Phi) is 4.92. The van der Waals surface area contributed by atoms with Crippen molar-refractivity contribution in [2.75, 3.05) is 6.26 Å². The molecule has 8 heteroatoms. The number of halogens is 2. The first-order valence-electron chi connectivity index (χ1n) is 3.19. The minimum Gasteiger partial charge on any atom is -0.220 e. The molecule has 0 bridgehead atoms. The molecule has 0 aromatic carbocycles. The van der Waals surface area contributed by atoms with E-state index in [2.05, 4.69) is 9.37 Å². The third kappa shape index (κ3) is 2.97. The molecule has 0 saturated heterocycles. The molecule has 1 heterocycles. The number of hydrogen-bond donors (Lipinski definition) is 0. The molecule has 0 radical (unpaired) electrons. The summed E-state index contributed by atoms with van der Waals surface area (Å²) < 4.78 is 4.37. The van der Waals surface area contributed by atoms with Crippen LogP contribution in [0.25, 0.3) is 0 Å². The summed E-state index contributed by atoms with van der Waals surface area (Å²) in [6, 6.07) is 1.94. The largest absolute Gasteiger partial charge is 0.220 e. The zero-order chi connectivity index (χ0) is 10.6. The number of nitrogens with zero attached hydrogens (tertiary/aromatic N) is 3. The quantitative estimate of drug-likeness (QED) is 0.476. The van der Waals surface area contributed by atoms with Crippen molar-refractivity contribution in [1.82, 2.24) is 4.37 Å². The van der Waals surface area contributed by atoms with E-state index in [1.807, 2.05) is 6.07 Å². The maximum absolute atomic E-state index is 8.68. The second-order valence-electron chi connectivity index (χ2n) is 1.89. The van der Waals surface area contributed by atoms with Gasteiger partial charge < -0.3 is 0 Å². The predicted molar refractivity (Wildman–Crippen MR) is 62.6 cm³/mol. The standard InChI is InChI=1S/C6H3Cl2N3S3/c1-12-3(2-9)4(7)10-6-5(8)11-14-13-6/h1H3/b4-3+,10-6+. The molecule has 0 fully saturated rings. The van der Waals surface area contributed by atoms with Crippen LogP contribution in [0.5, 0.6) is 0 Å². The molecule has 0 aliphatic carbocycles. The number of hydrogen-bond acceptors (Lipinski definition) is 6. The molecule has 0 spiro atoms. The van der Waals surface area contributed by atoms with Crippen molar-refractivity contribution in [3.63, 3.8) is 0 Å². The van der Waals surface area contributed by atoms with Gasteiger partial charge in [-0.15, -0.1) is 11.8 Å². The van der Waals surface area contributed by atoms with Gasteiger partial charge in [-0.2, -0.15) is 9.64 Å². The topological polar surface area (TPSA) is 49.0 Å². The lowest BCUT2D eigenvalue weighted by molar-refractivity contribution is 1.34. The van der Waals surface area contributed by atoms with E-state index in [0.717, 1.165) is 0 Å². The van der Waals surface area contributed by atoms with Gasteiger partial charge >= 0.3 is 0 Å². The summed E-state index contributed by atoms with van der Waals surface area (Å²) in [5.41, 5.74) is 0. The lowest BCUT2D eigenvalue weighted by atomic mass is 10.6. The van der Waals surface area contributed by atoms with Crippen molar-refractivity contribution < 1.29 is 0 Å². The van der Waals surface area contributed by atoms with Crippen LogP contribution in [0.3, 0.4) is 0 Å². The number of allylic oxidation sites excluding steroid dienone is 1. The van der Waals surface area contributed by atoms with Crippen molar-refractivity contribution in [1.29, 1.82) is 5.26 Å². The van der Waals surface area contributed by atoms with E-state index in [1.165, 1.54) is 32.6 Å². The zero-order valence-electron chi connectivity index (χ0n) is 6.82. The normalized spacial score (nSPS) is 13.7. The van der Waals surface area contributed by atoms with E-state index in [0.29, 0.717) is 14.7 Å². The zero-order valence-corrected chi connectivity index (χ0v) is 10.8. The minimum atomic E-state index is 0.151. The molecule has 0 saturated carbocycles. The highest BCUT2D eigenvalue weighted by molar-refractivity contribution is 8.02. The molecule has 0 N–H and O–H groups in total. The smallest absolute Gasteiger partial charge is 0.179 e. The number of nitriles is 1. The van der Waals surface area contributed by atoms with Crippen LogP contribution in [-0.4, -0.2) is 10.6 Å². The lowest BCUT2D eigenvalue weighted by Crippen LogP contribution is -1.94. The average Bonchev–Trinajstić information content (AvgIpc) is 2.54. The van der Waals surface area contributed by atoms with Crippen LogP contribution >= 0.6 is 55.8 Å². The Labute approximate surface area is 102 Å². The predicted octanol–water partition coefficient (Wildman–Crippen LogP) is 3.05. The summed E-state index contributed by atoms with van der Waals surface area (Å²) in [5, 5.41) is 9.15. The maximum atomic E-state index is 8.68. The molecule has 1 aromatic heterocycles. The summed E-state index contributed by atoms with van der Waals surface area (Å²) in [4.78, 5) is 4.36. The molecule has 3 nitrogen and oxygen atoms in total. The van der Waals surface area contributed by atoms with E-state index in [-0.39, 0.29) is 5.16 Å². The van der Waals surface area contributed by atoms with Gasteiger partial charge in [0, 0.05) is 10.5 Å². The van der Waals surface area contributed by atoms with Crippen molar-refractivity contribution in [2.45, 2.75) is 0 Å². The fraction of sp³-hybridized carbons (Fsp3) is 0.167. The first-order valence-corrected chi connectivity index (χ1v) is 7.28. The summed E-state index contributed by atoms with van der Waals surface area (Å²) in [6.07, 6.45) is 1.76. The molecular weight excluding hydrogens is 281 g/mol. The van der Waals surface area contributed by atoms with Gasteiger partial charge in [0.1, 0.15) is 11.0 Å². The van der Waals surface area contributed by atoms with E-state index in [4.69, 9.17) is 28.5 Å². The SMILES string of the molecule is CS/C(C#N)=C(Cl)/N=c1/ssnc1Cl. The number of aromatic nitrogens is 1. The minimum absolute atomic E-state index is 0.151. The third-order valence-corrected chi connectivity index (χ3v) is 4.35. The van der Waals surface area contributed by atoms with Crippen LogP contribution in [0.15, 0.2) is 15.1 Å². The second-order valence-corrected chi connectivity index (χ2v) is 5.26. The molecule has 0 aliphatic rings. The van der Waals surface area contributed by atoms with Gasteiger partial charge in [-0.05, 0) is 16.6 Å². The molecule has 1 rings (SSSR count). The van der Waals surface area contributed by atoms with Gasteiger partial charge in [-0.1, -0.05) is 23.2 Å². The summed E-state index contributed by atoms with van der Waals surface area (Å²) >= 11 is 12.8. The van der Waals surface area contributed by atoms with Crippen LogP contribution in [0.1, 0.15) is 0 Å².